The van der Waals surface area contributed by atoms with Crippen molar-refractivity contribution in [1.82, 2.24) is 20.4 Å². The van der Waals surface area contributed by atoms with Gasteiger partial charge in [0.15, 0.2) is 5.69 Å². The molecule has 0 spiro atoms. The predicted molar refractivity (Wildman–Crippen MR) is 122 cm³/mol. The van der Waals surface area contributed by atoms with Crippen molar-refractivity contribution < 1.29 is 14.5 Å². The molecule has 3 rings (SSSR count). The monoisotopic (exact) mass is 455 g/mol. The lowest BCUT2D eigenvalue weighted by Crippen LogP contribution is -2.60. The molecule has 0 radical (unpaired) electrons. The number of hydrogen-bond donors (Lipinski definition) is 2. The lowest BCUT2D eigenvalue weighted by atomic mass is 9.80. The van der Waals surface area contributed by atoms with E-state index in [1.54, 1.807) is 13.0 Å². The van der Waals surface area contributed by atoms with E-state index in [4.69, 9.17) is 0 Å². The van der Waals surface area contributed by atoms with Gasteiger partial charge in [-0.2, -0.15) is 5.10 Å². The van der Waals surface area contributed by atoms with E-state index in [0.29, 0.717) is 25.1 Å². The van der Waals surface area contributed by atoms with Gasteiger partial charge in [-0.25, -0.2) is 4.68 Å². The molecule has 0 atom stereocenters. The second-order valence-electron chi connectivity index (χ2n) is 8.36. The summed E-state index contributed by atoms with van der Waals surface area (Å²) in [5.74, 6) is -1.02. The summed E-state index contributed by atoms with van der Waals surface area (Å²) >= 11 is 0. The lowest BCUT2D eigenvalue weighted by molar-refractivity contribution is -0.384. The summed E-state index contributed by atoms with van der Waals surface area (Å²) in [6.07, 6.45) is 5.23. The molecule has 0 aliphatic heterocycles. The first-order valence-electron chi connectivity index (χ1n) is 11.2. The molecule has 2 aromatic rings. The van der Waals surface area contributed by atoms with E-state index in [1.165, 1.54) is 28.9 Å². The summed E-state index contributed by atoms with van der Waals surface area (Å²) in [6, 6.07) is 7.17. The van der Waals surface area contributed by atoms with Gasteiger partial charge in [0.2, 0.25) is 11.3 Å². The van der Waals surface area contributed by atoms with Gasteiger partial charge in [0.05, 0.1) is 4.92 Å². The van der Waals surface area contributed by atoms with E-state index in [9.17, 15) is 24.5 Å². The van der Waals surface area contributed by atoms with Crippen molar-refractivity contribution in [1.29, 1.82) is 0 Å². The standard InChI is InChI=1S/C23H29N5O5/c1-3-4-14-24-22(31)23(12-8-5-9-13-23)25-21(30)20-19(29)15-16(2)27(26-20)17-10-6-7-11-18(17)28(32)33/h6-7,10-11,15H,3-5,8-9,12-14H2,1-2H3,(H,24,31)(H,25,30). The van der Waals surface area contributed by atoms with Crippen molar-refractivity contribution >= 4 is 17.5 Å². The third-order valence-electron chi connectivity index (χ3n) is 5.94. The lowest BCUT2D eigenvalue weighted by Gasteiger charge is -2.36. The van der Waals surface area contributed by atoms with Crippen LogP contribution in [0.5, 0.6) is 0 Å². The molecule has 10 nitrogen and oxygen atoms in total. The number of carbonyl (C=O) groups excluding carboxylic acids is 2. The Balaban J connectivity index is 1.96. The third kappa shape index (κ3) is 5.27. The number of nitro groups is 1. The van der Waals surface area contributed by atoms with Gasteiger partial charge in [0, 0.05) is 24.4 Å². The molecule has 0 saturated heterocycles. The van der Waals surface area contributed by atoms with E-state index >= 15 is 0 Å². The maximum Gasteiger partial charge on any atom is 0.294 e. The highest BCUT2D eigenvalue weighted by Gasteiger charge is 2.41. The Hall–Kier alpha value is -3.56. The second-order valence-corrected chi connectivity index (χ2v) is 8.36. The van der Waals surface area contributed by atoms with Gasteiger partial charge >= 0.3 is 0 Å². The zero-order chi connectivity index (χ0) is 24.0. The summed E-state index contributed by atoms with van der Waals surface area (Å²) in [7, 11) is 0. The summed E-state index contributed by atoms with van der Waals surface area (Å²) in [4.78, 5) is 49.7. The van der Waals surface area contributed by atoms with Crippen LogP contribution in [-0.2, 0) is 4.79 Å². The summed E-state index contributed by atoms with van der Waals surface area (Å²) in [5.41, 5.74) is -1.86. The number of amides is 2. The highest BCUT2D eigenvalue weighted by molar-refractivity contribution is 5.98. The van der Waals surface area contributed by atoms with E-state index in [1.807, 2.05) is 6.92 Å². The summed E-state index contributed by atoms with van der Waals surface area (Å²) < 4.78 is 1.21. The van der Waals surface area contributed by atoms with Gasteiger partial charge in [0.1, 0.15) is 11.2 Å². The number of nitrogens with one attached hydrogen (secondary N) is 2. The highest BCUT2D eigenvalue weighted by atomic mass is 16.6. The summed E-state index contributed by atoms with van der Waals surface area (Å²) in [5, 5.41) is 21.3. The molecular weight excluding hydrogens is 426 g/mol. The molecule has 1 aliphatic rings. The quantitative estimate of drug-likeness (QED) is 0.357. The zero-order valence-electron chi connectivity index (χ0n) is 18.9. The molecule has 1 saturated carbocycles. The van der Waals surface area contributed by atoms with Gasteiger partial charge in [-0.15, -0.1) is 0 Å². The van der Waals surface area contributed by atoms with Crippen LogP contribution in [0.15, 0.2) is 35.1 Å². The van der Waals surface area contributed by atoms with Crippen molar-refractivity contribution in [2.24, 2.45) is 0 Å². The van der Waals surface area contributed by atoms with Gasteiger partial charge in [-0.1, -0.05) is 44.7 Å². The molecule has 1 aromatic carbocycles. The maximum absolute atomic E-state index is 13.2. The number of carbonyl (C=O) groups is 2. The average molecular weight is 456 g/mol. The Morgan fingerprint density at radius 1 is 1.21 bits per heavy atom. The van der Waals surface area contributed by atoms with Crippen molar-refractivity contribution in [2.45, 2.75) is 64.3 Å². The van der Waals surface area contributed by atoms with Crippen LogP contribution < -0.4 is 16.1 Å². The number of aromatic nitrogens is 2. The van der Waals surface area contributed by atoms with E-state index in [-0.39, 0.29) is 17.3 Å². The van der Waals surface area contributed by atoms with E-state index in [0.717, 1.165) is 32.1 Å². The molecule has 33 heavy (non-hydrogen) atoms. The SMILES string of the molecule is CCCCNC(=O)C1(NC(=O)c2nn(-c3ccccc3[N+](=O)[O-])c(C)cc2=O)CCCCC1. The Morgan fingerprint density at radius 2 is 1.91 bits per heavy atom. The topological polar surface area (TPSA) is 136 Å². The normalized spacial score (nSPS) is 15.0. The number of rotatable bonds is 8. The number of nitro benzene ring substituents is 1. The zero-order valence-corrected chi connectivity index (χ0v) is 18.9. The Kier molecular flexibility index (Phi) is 7.57. The van der Waals surface area contributed by atoms with Crippen LogP contribution in [0.3, 0.4) is 0 Å². The smallest absolute Gasteiger partial charge is 0.294 e. The van der Waals surface area contributed by atoms with Crippen LogP contribution in [0, 0.1) is 17.0 Å². The largest absolute Gasteiger partial charge is 0.354 e. The number of aryl methyl sites for hydroxylation is 1. The van der Waals surface area contributed by atoms with Gasteiger partial charge in [-0.3, -0.25) is 24.5 Å². The number of hydrogen-bond acceptors (Lipinski definition) is 6. The van der Waals surface area contributed by atoms with Crippen molar-refractivity contribution in [3.63, 3.8) is 0 Å². The van der Waals surface area contributed by atoms with E-state index in [2.05, 4.69) is 15.7 Å². The molecule has 0 bridgehead atoms. The first kappa shape index (κ1) is 24.1. The molecule has 2 amide bonds. The molecule has 1 fully saturated rings. The molecule has 176 valence electrons. The minimum absolute atomic E-state index is 0.138. The third-order valence-corrected chi connectivity index (χ3v) is 5.94. The highest BCUT2D eigenvalue weighted by Crippen LogP contribution is 2.29. The van der Waals surface area contributed by atoms with Crippen LogP contribution in [0.2, 0.25) is 0 Å². The molecule has 0 unspecified atom stereocenters. The Labute approximate surface area is 191 Å². The van der Waals surface area contributed by atoms with Gasteiger partial charge in [-0.05, 0) is 32.3 Å². The molecule has 1 aromatic heterocycles. The number of para-hydroxylation sites is 2. The van der Waals surface area contributed by atoms with Gasteiger partial charge in [0.25, 0.3) is 11.6 Å². The molecule has 2 N–H and O–H groups in total. The van der Waals surface area contributed by atoms with Crippen molar-refractivity contribution in [2.75, 3.05) is 6.54 Å². The Morgan fingerprint density at radius 3 is 2.58 bits per heavy atom. The molecule has 10 heteroatoms. The molecular formula is C23H29N5O5. The van der Waals surface area contributed by atoms with Gasteiger partial charge < -0.3 is 10.6 Å². The van der Waals surface area contributed by atoms with Crippen molar-refractivity contribution in [3.05, 3.63) is 62.1 Å². The fraction of sp³-hybridized carbons (Fsp3) is 0.478. The minimum atomic E-state index is -1.11. The fourth-order valence-electron chi connectivity index (χ4n) is 4.13. The summed E-state index contributed by atoms with van der Waals surface area (Å²) in [6.45, 7) is 4.12. The number of nitrogens with zero attached hydrogens (tertiary/aromatic N) is 3. The number of unbranched alkanes of at least 4 members (excludes halogenated alkanes) is 1. The fourth-order valence-corrected chi connectivity index (χ4v) is 4.13. The van der Waals surface area contributed by atoms with Crippen LogP contribution >= 0.6 is 0 Å². The predicted octanol–water partition coefficient (Wildman–Crippen LogP) is 2.80. The maximum atomic E-state index is 13.2. The van der Waals surface area contributed by atoms with E-state index < -0.39 is 27.5 Å². The van der Waals surface area contributed by atoms with Crippen LogP contribution in [0.25, 0.3) is 5.69 Å². The first-order chi connectivity index (χ1) is 15.8. The Bertz CT molecular complexity index is 1100. The molecule has 1 heterocycles. The molecule has 1 aliphatic carbocycles. The van der Waals surface area contributed by atoms with Crippen LogP contribution in [0.1, 0.15) is 68.1 Å². The van der Waals surface area contributed by atoms with Crippen LogP contribution in [-0.4, -0.2) is 38.6 Å². The van der Waals surface area contributed by atoms with Crippen molar-refractivity contribution in [3.8, 4) is 5.69 Å². The van der Waals surface area contributed by atoms with Crippen LogP contribution in [0.4, 0.5) is 5.69 Å². The number of benzene rings is 1. The first-order valence-corrected chi connectivity index (χ1v) is 11.2. The second kappa shape index (κ2) is 10.4. The average Bonchev–Trinajstić information content (AvgIpc) is 2.79. The minimum Gasteiger partial charge on any atom is -0.354 e.